The van der Waals surface area contributed by atoms with E-state index < -0.39 is 8.32 Å². The van der Waals surface area contributed by atoms with Gasteiger partial charge >= 0.3 is 6.09 Å². The summed E-state index contributed by atoms with van der Waals surface area (Å²) in [6.07, 6.45) is 1.91. The van der Waals surface area contributed by atoms with Crippen molar-refractivity contribution in [2.45, 2.75) is 83.7 Å². The van der Waals surface area contributed by atoms with Crippen molar-refractivity contribution in [2.24, 2.45) is 0 Å². The number of carbonyl (C=O) groups excluding carboxylic acids is 1. The Morgan fingerprint density at radius 3 is 2.22 bits per heavy atom. The van der Waals surface area contributed by atoms with Crippen molar-refractivity contribution in [3.63, 3.8) is 0 Å². The second-order valence-corrected chi connectivity index (χ2v) is 14.1. The van der Waals surface area contributed by atoms with Gasteiger partial charge in [-0.2, -0.15) is 0 Å². The number of hydrogen-bond acceptors (Lipinski definition) is 3. The van der Waals surface area contributed by atoms with E-state index in [2.05, 4.69) is 41.5 Å². The van der Waals surface area contributed by atoms with E-state index in [0.29, 0.717) is 29.8 Å². The highest BCUT2D eigenvalue weighted by Crippen LogP contribution is 2.43. The van der Waals surface area contributed by atoms with Crippen molar-refractivity contribution in [1.29, 1.82) is 0 Å². The van der Waals surface area contributed by atoms with Crippen LogP contribution in [-0.2, 0) is 15.8 Å². The minimum atomic E-state index is -1.93. The zero-order valence-electron chi connectivity index (χ0n) is 17.9. The second kappa shape index (κ2) is 9.74. The number of benzene rings is 1. The van der Waals surface area contributed by atoms with Gasteiger partial charge in [0.15, 0.2) is 0 Å². The number of likely N-dealkylation sites (tertiary alicyclic amines) is 1. The summed E-state index contributed by atoms with van der Waals surface area (Å²) >= 11 is 0. The van der Waals surface area contributed by atoms with E-state index in [1.807, 2.05) is 35.2 Å². The third-order valence-corrected chi connectivity index (χ3v) is 12.1. The Kier molecular flexibility index (Phi) is 7.92. The quantitative estimate of drug-likeness (QED) is 0.537. The predicted molar refractivity (Wildman–Crippen MR) is 113 cm³/mol. The van der Waals surface area contributed by atoms with Gasteiger partial charge in [-0.25, -0.2) is 4.79 Å². The van der Waals surface area contributed by atoms with Crippen LogP contribution in [0.15, 0.2) is 30.3 Å². The molecule has 1 amide bonds. The average molecular weight is 392 g/mol. The van der Waals surface area contributed by atoms with Crippen molar-refractivity contribution in [3.8, 4) is 0 Å². The number of ether oxygens (including phenoxy) is 1. The van der Waals surface area contributed by atoms with E-state index in [0.717, 1.165) is 24.9 Å². The first-order valence-corrected chi connectivity index (χ1v) is 12.5. The molecule has 0 spiro atoms. The Bertz CT molecular complexity index is 567. The summed E-state index contributed by atoms with van der Waals surface area (Å²) in [6, 6.07) is 9.84. The summed E-state index contributed by atoms with van der Waals surface area (Å²) < 4.78 is 12.4. The Hall–Kier alpha value is -1.33. The van der Waals surface area contributed by atoms with Crippen LogP contribution in [0.3, 0.4) is 0 Å². The number of piperidine rings is 1. The van der Waals surface area contributed by atoms with Crippen molar-refractivity contribution >= 4 is 14.4 Å². The fourth-order valence-corrected chi connectivity index (χ4v) is 10.3. The lowest BCUT2D eigenvalue weighted by Gasteiger charge is -2.46. The largest absolute Gasteiger partial charge is 0.445 e. The normalized spacial score (nSPS) is 18.4. The molecule has 1 aromatic carbocycles. The highest BCUT2D eigenvalue weighted by molar-refractivity contribution is 6.77. The van der Waals surface area contributed by atoms with Crippen LogP contribution in [-0.4, -0.2) is 38.5 Å². The predicted octanol–water partition coefficient (Wildman–Crippen LogP) is 5.98. The number of rotatable bonds is 7. The summed E-state index contributed by atoms with van der Waals surface area (Å²) in [6.45, 7) is 15.6. The van der Waals surface area contributed by atoms with Crippen LogP contribution >= 0.6 is 0 Å². The summed E-state index contributed by atoms with van der Waals surface area (Å²) in [7, 11) is -1.93. The van der Waals surface area contributed by atoms with Crippen LogP contribution < -0.4 is 0 Å². The maximum absolute atomic E-state index is 12.5. The summed E-state index contributed by atoms with van der Waals surface area (Å²) in [4.78, 5) is 14.4. The molecule has 4 nitrogen and oxygen atoms in total. The van der Waals surface area contributed by atoms with Gasteiger partial charge in [0.1, 0.15) is 6.61 Å². The van der Waals surface area contributed by atoms with Gasteiger partial charge < -0.3 is 14.1 Å². The number of carbonyl (C=O) groups is 1. The van der Waals surface area contributed by atoms with Crippen molar-refractivity contribution in [1.82, 2.24) is 4.90 Å². The van der Waals surface area contributed by atoms with E-state index in [9.17, 15) is 4.79 Å². The van der Waals surface area contributed by atoms with Crippen molar-refractivity contribution in [2.75, 3.05) is 13.1 Å². The molecule has 1 aliphatic heterocycles. The Morgan fingerprint density at radius 2 is 1.67 bits per heavy atom. The molecule has 1 unspecified atom stereocenters. The van der Waals surface area contributed by atoms with Gasteiger partial charge in [0.2, 0.25) is 8.32 Å². The Morgan fingerprint density at radius 1 is 1.07 bits per heavy atom. The van der Waals surface area contributed by atoms with Gasteiger partial charge in [-0.3, -0.25) is 0 Å². The second-order valence-electron chi connectivity index (χ2n) is 8.69. The molecule has 152 valence electrons. The molecule has 27 heavy (non-hydrogen) atoms. The van der Waals surface area contributed by atoms with Crippen molar-refractivity contribution < 1.29 is 14.0 Å². The maximum Gasteiger partial charge on any atom is 0.410 e. The number of nitrogens with zero attached hydrogens (tertiary/aromatic N) is 1. The van der Waals surface area contributed by atoms with E-state index in [1.54, 1.807) is 0 Å². The van der Waals surface area contributed by atoms with Gasteiger partial charge in [-0.15, -0.1) is 0 Å². The van der Waals surface area contributed by atoms with Gasteiger partial charge in [0, 0.05) is 13.1 Å². The molecule has 0 bridgehead atoms. The standard InChI is InChI=1S/C22H37NO3Si/c1-17(2)27(18(3)4,19(5)6)26-21-13-10-14-23(15-21)22(24)25-16-20-11-8-7-9-12-20/h7-9,11-12,17-19,21H,10,13-16H2,1-6H3. The summed E-state index contributed by atoms with van der Waals surface area (Å²) in [5.41, 5.74) is 2.68. The van der Waals surface area contributed by atoms with Crippen LogP contribution in [0.1, 0.15) is 59.9 Å². The van der Waals surface area contributed by atoms with Crippen LogP contribution in [0, 0.1) is 0 Å². The molecule has 1 heterocycles. The molecular weight excluding hydrogens is 354 g/mol. The monoisotopic (exact) mass is 391 g/mol. The fraction of sp³-hybridized carbons (Fsp3) is 0.682. The lowest BCUT2D eigenvalue weighted by Crippen LogP contribution is -2.54. The Labute approximate surface area is 166 Å². The first-order valence-electron chi connectivity index (χ1n) is 10.4. The molecule has 0 aromatic heterocycles. The Balaban J connectivity index is 1.98. The lowest BCUT2D eigenvalue weighted by atomic mass is 10.1. The summed E-state index contributed by atoms with van der Waals surface area (Å²) in [5, 5.41) is 0. The smallest absolute Gasteiger partial charge is 0.410 e. The van der Waals surface area contributed by atoms with Gasteiger partial charge in [0.05, 0.1) is 6.10 Å². The molecule has 2 rings (SSSR count). The highest BCUT2D eigenvalue weighted by atomic mass is 28.4. The lowest BCUT2D eigenvalue weighted by molar-refractivity contribution is 0.0487. The number of amides is 1. The van der Waals surface area contributed by atoms with E-state index in [-0.39, 0.29) is 12.2 Å². The van der Waals surface area contributed by atoms with Gasteiger partial charge in [0.25, 0.3) is 0 Å². The molecule has 5 heteroatoms. The molecule has 1 fully saturated rings. The van der Waals surface area contributed by atoms with Gasteiger partial charge in [-0.1, -0.05) is 71.9 Å². The minimum Gasteiger partial charge on any atom is -0.445 e. The molecule has 1 atom stereocenters. The molecule has 1 aliphatic rings. The molecule has 1 saturated heterocycles. The van der Waals surface area contributed by atoms with E-state index in [4.69, 9.17) is 9.16 Å². The summed E-state index contributed by atoms with van der Waals surface area (Å²) in [5.74, 6) is 0. The fourth-order valence-electron chi connectivity index (χ4n) is 4.71. The number of hydrogen-bond donors (Lipinski definition) is 0. The molecule has 0 radical (unpaired) electrons. The molecule has 0 aliphatic carbocycles. The SMILES string of the molecule is CC(C)[Si](OC1CCCN(C(=O)OCc2ccccc2)C1)(C(C)C)C(C)C. The third kappa shape index (κ3) is 5.35. The van der Waals surface area contributed by atoms with Crippen LogP contribution in [0.2, 0.25) is 16.6 Å². The zero-order valence-corrected chi connectivity index (χ0v) is 18.9. The minimum absolute atomic E-state index is 0.127. The maximum atomic E-state index is 12.5. The van der Waals surface area contributed by atoms with E-state index >= 15 is 0 Å². The highest BCUT2D eigenvalue weighted by Gasteiger charge is 2.47. The first kappa shape index (κ1) is 22.0. The van der Waals surface area contributed by atoms with E-state index in [1.165, 1.54) is 0 Å². The van der Waals surface area contributed by atoms with Crippen LogP contribution in [0.4, 0.5) is 4.79 Å². The van der Waals surface area contributed by atoms with Crippen molar-refractivity contribution in [3.05, 3.63) is 35.9 Å². The molecule has 0 N–H and O–H groups in total. The topological polar surface area (TPSA) is 38.8 Å². The van der Waals surface area contributed by atoms with Crippen LogP contribution in [0.5, 0.6) is 0 Å². The molecule has 1 aromatic rings. The average Bonchev–Trinajstić information content (AvgIpc) is 2.64. The first-order chi connectivity index (χ1) is 12.8. The molecular formula is C22H37NO3Si. The molecule has 0 saturated carbocycles. The zero-order chi connectivity index (χ0) is 20.0. The van der Waals surface area contributed by atoms with Crippen LogP contribution in [0.25, 0.3) is 0 Å². The third-order valence-electron chi connectivity index (χ3n) is 5.92. The van der Waals surface area contributed by atoms with Gasteiger partial charge in [-0.05, 0) is 35.0 Å².